The van der Waals surface area contributed by atoms with Crippen LogP contribution in [0.25, 0.3) is 0 Å². The number of ether oxygens (including phenoxy) is 2. The van der Waals surface area contributed by atoms with Crippen molar-refractivity contribution in [2.45, 2.75) is 17.7 Å². The summed E-state index contributed by atoms with van der Waals surface area (Å²) in [7, 11) is -0.735. The first-order chi connectivity index (χ1) is 14.7. The van der Waals surface area contributed by atoms with Gasteiger partial charge in [0.1, 0.15) is 0 Å². The van der Waals surface area contributed by atoms with Crippen molar-refractivity contribution in [1.29, 1.82) is 0 Å². The highest BCUT2D eigenvalue weighted by atomic mass is 32.2. The molecule has 3 rings (SSSR count). The predicted molar refractivity (Wildman–Crippen MR) is 115 cm³/mol. The highest BCUT2D eigenvalue weighted by Crippen LogP contribution is 2.29. The highest BCUT2D eigenvalue weighted by Gasteiger charge is 2.28. The Labute approximate surface area is 181 Å². The highest BCUT2D eigenvalue weighted by molar-refractivity contribution is 7.89. The molecule has 0 unspecified atom stereocenters. The summed E-state index contributed by atoms with van der Waals surface area (Å²) in [6.45, 7) is 0.908. The molecule has 0 bridgehead atoms. The Bertz CT molecular complexity index is 1060. The molecule has 2 amide bonds. The van der Waals surface area contributed by atoms with Gasteiger partial charge in [-0.2, -0.15) is 0 Å². The molecule has 1 saturated heterocycles. The van der Waals surface area contributed by atoms with Crippen molar-refractivity contribution in [3.63, 3.8) is 0 Å². The number of primary sulfonamides is 1. The number of carbonyl (C=O) groups is 2. The van der Waals surface area contributed by atoms with Gasteiger partial charge in [0.15, 0.2) is 11.5 Å². The molecule has 166 valence electrons. The summed E-state index contributed by atoms with van der Waals surface area (Å²) < 4.78 is 33.1. The van der Waals surface area contributed by atoms with Crippen molar-refractivity contribution < 1.29 is 27.5 Å². The number of hydrogen-bond donors (Lipinski definition) is 2. The molecule has 1 aliphatic heterocycles. The minimum Gasteiger partial charge on any atom is -0.493 e. The van der Waals surface area contributed by atoms with Crippen LogP contribution in [0.2, 0.25) is 0 Å². The number of nitrogens with zero attached hydrogens (tertiary/aromatic N) is 1. The zero-order chi connectivity index (χ0) is 22.6. The summed E-state index contributed by atoms with van der Waals surface area (Å²) in [5, 5.41) is 7.86. The third-order valence-corrected chi connectivity index (χ3v) is 6.16. The van der Waals surface area contributed by atoms with Gasteiger partial charge < -0.3 is 19.7 Å². The fraction of sp³-hybridized carbons (Fsp3) is 0.333. The van der Waals surface area contributed by atoms with Crippen LogP contribution in [-0.2, 0) is 14.8 Å². The molecule has 1 aliphatic rings. The van der Waals surface area contributed by atoms with Crippen LogP contribution in [0.15, 0.2) is 47.4 Å². The van der Waals surface area contributed by atoms with E-state index < -0.39 is 10.0 Å². The van der Waals surface area contributed by atoms with Gasteiger partial charge in [-0.15, -0.1) is 0 Å². The average molecular weight is 448 g/mol. The number of anilines is 1. The number of benzene rings is 2. The number of piperidine rings is 1. The second kappa shape index (κ2) is 9.36. The summed E-state index contributed by atoms with van der Waals surface area (Å²) in [5.41, 5.74) is 0.983. The van der Waals surface area contributed by atoms with E-state index in [0.717, 1.165) is 0 Å². The van der Waals surface area contributed by atoms with Gasteiger partial charge in [-0.1, -0.05) is 0 Å². The van der Waals surface area contributed by atoms with E-state index in [4.69, 9.17) is 14.6 Å². The first kappa shape index (κ1) is 22.6. The van der Waals surface area contributed by atoms with Gasteiger partial charge in [0.25, 0.3) is 5.91 Å². The van der Waals surface area contributed by atoms with Crippen molar-refractivity contribution >= 4 is 27.5 Å². The molecule has 31 heavy (non-hydrogen) atoms. The van der Waals surface area contributed by atoms with E-state index in [1.165, 1.54) is 38.5 Å². The smallest absolute Gasteiger partial charge is 0.253 e. The third-order valence-electron chi connectivity index (χ3n) is 5.23. The molecule has 10 heteroatoms. The number of methoxy groups -OCH3 is 2. The Hall–Kier alpha value is -3.11. The summed E-state index contributed by atoms with van der Waals surface area (Å²) in [6, 6.07) is 10.7. The lowest BCUT2D eigenvalue weighted by Crippen LogP contribution is -2.41. The summed E-state index contributed by atoms with van der Waals surface area (Å²) in [4.78, 5) is 27.1. The molecular weight excluding hydrogens is 422 g/mol. The molecule has 0 aliphatic carbocycles. The molecule has 0 aromatic heterocycles. The molecule has 1 fully saturated rings. The van der Waals surface area contributed by atoms with Gasteiger partial charge in [0.2, 0.25) is 15.9 Å². The van der Waals surface area contributed by atoms with Crippen LogP contribution < -0.4 is 19.9 Å². The van der Waals surface area contributed by atoms with Gasteiger partial charge in [0.05, 0.1) is 19.1 Å². The van der Waals surface area contributed by atoms with Crippen LogP contribution in [0, 0.1) is 5.92 Å². The van der Waals surface area contributed by atoms with E-state index in [2.05, 4.69) is 5.32 Å². The zero-order valence-electron chi connectivity index (χ0n) is 17.3. The lowest BCUT2D eigenvalue weighted by molar-refractivity contribution is -0.121. The van der Waals surface area contributed by atoms with Crippen molar-refractivity contribution in [2.24, 2.45) is 11.1 Å². The standard InChI is InChI=1S/C21H25N3O6S/c1-29-18-8-3-15(13-19(18)30-2)21(26)24-11-9-14(10-12-24)20(25)23-16-4-6-17(7-5-16)31(22,27)28/h3-8,13-14H,9-12H2,1-2H3,(H,23,25)(H2,22,27,28). The van der Waals surface area contributed by atoms with Crippen molar-refractivity contribution in [3.05, 3.63) is 48.0 Å². The quantitative estimate of drug-likeness (QED) is 0.695. The van der Waals surface area contributed by atoms with Crippen LogP contribution in [0.4, 0.5) is 5.69 Å². The number of nitrogens with two attached hydrogens (primary N) is 1. The molecule has 0 spiro atoms. The van der Waals surface area contributed by atoms with Crippen molar-refractivity contribution in [3.8, 4) is 11.5 Å². The number of rotatable bonds is 6. The van der Waals surface area contributed by atoms with Gasteiger partial charge in [0, 0.05) is 30.3 Å². The zero-order valence-corrected chi connectivity index (χ0v) is 18.1. The van der Waals surface area contributed by atoms with Crippen LogP contribution in [0.1, 0.15) is 23.2 Å². The fourth-order valence-electron chi connectivity index (χ4n) is 3.47. The lowest BCUT2D eigenvalue weighted by atomic mass is 9.95. The topological polar surface area (TPSA) is 128 Å². The number of likely N-dealkylation sites (tertiary alicyclic amines) is 1. The van der Waals surface area contributed by atoms with Crippen LogP contribution >= 0.6 is 0 Å². The van der Waals surface area contributed by atoms with Gasteiger partial charge in [-0.05, 0) is 55.3 Å². The van der Waals surface area contributed by atoms with E-state index in [1.807, 2.05) is 0 Å². The second-order valence-corrected chi connectivity index (χ2v) is 8.76. The van der Waals surface area contributed by atoms with E-state index in [-0.39, 0.29) is 22.6 Å². The molecule has 1 heterocycles. The number of amides is 2. The summed E-state index contributed by atoms with van der Waals surface area (Å²) >= 11 is 0. The lowest BCUT2D eigenvalue weighted by Gasteiger charge is -2.31. The Kier molecular flexibility index (Phi) is 6.81. The first-order valence-corrected chi connectivity index (χ1v) is 11.2. The number of hydrogen-bond acceptors (Lipinski definition) is 6. The minimum atomic E-state index is -3.78. The number of nitrogens with one attached hydrogen (secondary N) is 1. The minimum absolute atomic E-state index is 0.0209. The van der Waals surface area contributed by atoms with Crippen LogP contribution in [0.5, 0.6) is 11.5 Å². The average Bonchev–Trinajstić information content (AvgIpc) is 2.78. The Morgan fingerprint density at radius 1 is 1.00 bits per heavy atom. The molecule has 3 N–H and O–H groups in total. The monoisotopic (exact) mass is 447 g/mol. The third kappa shape index (κ3) is 5.33. The SMILES string of the molecule is COc1ccc(C(=O)N2CCC(C(=O)Nc3ccc(S(N)(=O)=O)cc3)CC2)cc1OC. The van der Waals surface area contributed by atoms with E-state index >= 15 is 0 Å². The summed E-state index contributed by atoms with van der Waals surface area (Å²) in [6.07, 6.45) is 1.06. The van der Waals surface area contributed by atoms with Gasteiger partial charge >= 0.3 is 0 Å². The molecular formula is C21H25N3O6S. The maximum Gasteiger partial charge on any atom is 0.253 e. The largest absolute Gasteiger partial charge is 0.493 e. The molecule has 9 nitrogen and oxygen atoms in total. The van der Waals surface area contributed by atoms with E-state index in [1.54, 1.807) is 23.1 Å². The number of sulfonamides is 1. The van der Waals surface area contributed by atoms with E-state index in [9.17, 15) is 18.0 Å². The van der Waals surface area contributed by atoms with Crippen molar-refractivity contribution in [1.82, 2.24) is 4.90 Å². The van der Waals surface area contributed by atoms with Crippen LogP contribution in [-0.4, -0.2) is 52.4 Å². The van der Waals surface area contributed by atoms with Crippen LogP contribution in [0.3, 0.4) is 0 Å². The summed E-state index contributed by atoms with van der Waals surface area (Å²) in [5.74, 6) is 0.495. The molecule has 0 atom stereocenters. The Morgan fingerprint density at radius 3 is 2.16 bits per heavy atom. The van der Waals surface area contributed by atoms with E-state index in [0.29, 0.717) is 48.7 Å². The fourth-order valence-corrected chi connectivity index (χ4v) is 3.98. The molecule has 0 radical (unpaired) electrons. The maximum absolute atomic E-state index is 12.8. The van der Waals surface area contributed by atoms with Gasteiger partial charge in [-0.25, -0.2) is 13.6 Å². The Balaban J connectivity index is 1.57. The molecule has 0 saturated carbocycles. The van der Waals surface area contributed by atoms with Gasteiger partial charge in [-0.3, -0.25) is 9.59 Å². The number of carbonyl (C=O) groups excluding carboxylic acids is 2. The predicted octanol–water partition coefficient (Wildman–Crippen LogP) is 1.84. The van der Waals surface area contributed by atoms with Crippen molar-refractivity contribution in [2.75, 3.05) is 32.6 Å². The second-order valence-electron chi connectivity index (χ2n) is 7.19. The normalized spacial score (nSPS) is 14.7. The maximum atomic E-state index is 12.8. The molecule has 2 aromatic rings. The Morgan fingerprint density at radius 2 is 1.61 bits per heavy atom. The first-order valence-electron chi connectivity index (χ1n) is 9.68. The molecule has 2 aromatic carbocycles.